The van der Waals surface area contributed by atoms with E-state index in [-0.39, 0.29) is 5.41 Å². The summed E-state index contributed by atoms with van der Waals surface area (Å²) in [5, 5.41) is 2.49. The van der Waals surface area contributed by atoms with Gasteiger partial charge in [-0.25, -0.2) is 0 Å². The fourth-order valence-electron chi connectivity index (χ4n) is 11.7. The van der Waals surface area contributed by atoms with Gasteiger partial charge >= 0.3 is 0 Å². The van der Waals surface area contributed by atoms with E-state index in [1.165, 1.54) is 88.9 Å². The second-order valence-electron chi connectivity index (χ2n) is 19.3. The molecule has 2 aliphatic rings. The molecule has 11 aromatic carbocycles. The number of benzene rings is 11. The first-order valence-electron chi connectivity index (χ1n) is 24.4. The first-order chi connectivity index (χ1) is 34.5. The van der Waals surface area contributed by atoms with E-state index >= 15 is 0 Å². The lowest BCUT2D eigenvalue weighted by molar-refractivity contribution is 0.627. The lowest BCUT2D eigenvalue weighted by Crippen LogP contribution is -2.33. The van der Waals surface area contributed by atoms with Crippen molar-refractivity contribution < 1.29 is 0 Å². The SMILES string of the molecule is CC1(C)c2ccccc2N(c2ccc(N(c3ccc(-c4ccccc4)cc3)c3ccc(-c4ccc5ccccc5c4)cc3)cc2)c2ccc(C3(c4ccccc4)c4ccccc4-c4ccccc43)cc21. The number of rotatable bonds is 8. The zero-order valence-corrected chi connectivity index (χ0v) is 39.3. The van der Waals surface area contributed by atoms with Crippen molar-refractivity contribution in [2.24, 2.45) is 0 Å². The van der Waals surface area contributed by atoms with Crippen molar-refractivity contribution in [2.45, 2.75) is 24.7 Å². The van der Waals surface area contributed by atoms with Crippen molar-refractivity contribution >= 4 is 44.9 Å². The van der Waals surface area contributed by atoms with Gasteiger partial charge in [0.15, 0.2) is 0 Å². The molecule has 0 bridgehead atoms. The molecule has 332 valence electrons. The molecule has 0 aromatic heterocycles. The minimum absolute atomic E-state index is 0.282. The average molecular weight is 895 g/mol. The Balaban J connectivity index is 0.929. The predicted octanol–water partition coefficient (Wildman–Crippen LogP) is 18.1. The van der Waals surface area contributed by atoms with Crippen LogP contribution in [0.25, 0.3) is 44.2 Å². The Morgan fingerprint density at radius 2 is 0.786 bits per heavy atom. The first-order valence-corrected chi connectivity index (χ1v) is 24.4. The van der Waals surface area contributed by atoms with Gasteiger partial charge in [0, 0.05) is 28.2 Å². The molecule has 0 unspecified atom stereocenters. The van der Waals surface area contributed by atoms with Crippen molar-refractivity contribution in [2.75, 3.05) is 9.80 Å². The number of anilines is 6. The molecule has 13 rings (SSSR count). The van der Waals surface area contributed by atoms with Crippen molar-refractivity contribution in [1.82, 2.24) is 0 Å². The smallest absolute Gasteiger partial charge is 0.0713 e. The Kier molecular flexibility index (Phi) is 9.78. The lowest BCUT2D eigenvalue weighted by Gasteiger charge is -2.43. The van der Waals surface area contributed by atoms with Crippen LogP contribution in [0.4, 0.5) is 34.1 Å². The minimum Gasteiger partial charge on any atom is -0.311 e. The van der Waals surface area contributed by atoms with Gasteiger partial charge in [0.1, 0.15) is 0 Å². The van der Waals surface area contributed by atoms with Gasteiger partial charge in [-0.05, 0) is 144 Å². The van der Waals surface area contributed by atoms with E-state index in [9.17, 15) is 0 Å². The Hall–Kier alpha value is -8.72. The topological polar surface area (TPSA) is 6.48 Å². The predicted molar refractivity (Wildman–Crippen MR) is 294 cm³/mol. The third-order valence-electron chi connectivity index (χ3n) is 15.1. The molecule has 1 heterocycles. The van der Waals surface area contributed by atoms with E-state index in [0.717, 1.165) is 22.7 Å². The zero-order chi connectivity index (χ0) is 46.8. The Morgan fingerprint density at radius 3 is 1.43 bits per heavy atom. The highest BCUT2D eigenvalue weighted by atomic mass is 15.2. The zero-order valence-electron chi connectivity index (χ0n) is 39.3. The molecule has 1 aliphatic heterocycles. The highest BCUT2D eigenvalue weighted by Gasteiger charge is 2.47. The molecule has 0 amide bonds. The molecular weight excluding hydrogens is 845 g/mol. The van der Waals surface area contributed by atoms with Gasteiger partial charge in [0.2, 0.25) is 0 Å². The summed E-state index contributed by atoms with van der Waals surface area (Å²) >= 11 is 0. The third-order valence-corrected chi connectivity index (χ3v) is 15.1. The summed E-state index contributed by atoms with van der Waals surface area (Å²) in [5.41, 5.74) is 21.2. The molecule has 11 aromatic rings. The fraction of sp³-hybridized carbons (Fsp3) is 0.0588. The maximum Gasteiger partial charge on any atom is 0.0713 e. The van der Waals surface area contributed by atoms with Crippen LogP contribution in [-0.2, 0) is 10.8 Å². The van der Waals surface area contributed by atoms with E-state index in [4.69, 9.17) is 0 Å². The van der Waals surface area contributed by atoms with E-state index in [1.807, 2.05) is 0 Å². The normalized spacial score (nSPS) is 13.8. The molecule has 2 nitrogen and oxygen atoms in total. The van der Waals surface area contributed by atoms with Crippen molar-refractivity contribution in [3.8, 4) is 33.4 Å². The van der Waals surface area contributed by atoms with Crippen LogP contribution in [0.5, 0.6) is 0 Å². The van der Waals surface area contributed by atoms with Crippen LogP contribution in [0.1, 0.15) is 47.2 Å². The Morgan fingerprint density at radius 1 is 0.314 bits per heavy atom. The van der Waals surface area contributed by atoms with Crippen molar-refractivity contribution in [3.63, 3.8) is 0 Å². The molecule has 0 radical (unpaired) electrons. The third kappa shape index (κ3) is 6.55. The van der Waals surface area contributed by atoms with Gasteiger partial charge in [-0.2, -0.15) is 0 Å². The summed E-state index contributed by atoms with van der Waals surface area (Å²) in [7, 11) is 0. The van der Waals surface area contributed by atoms with Gasteiger partial charge in [-0.15, -0.1) is 0 Å². The highest BCUT2D eigenvalue weighted by molar-refractivity contribution is 5.91. The molecular formula is C68H50N2. The number of nitrogens with zero attached hydrogens (tertiary/aromatic N) is 2. The summed E-state index contributed by atoms with van der Waals surface area (Å²) in [6, 6.07) is 98.5. The maximum absolute atomic E-state index is 2.53. The highest BCUT2D eigenvalue weighted by Crippen LogP contribution is 2.59. The summed E-state index contributed by atoms with van der Waals surface area (Å²) < 4.78 is 0. The van der Waals surface area contributed by atoms with Crippen LogP contribution in [0, 0.1) is 0 Å². The number of fused-ring (bicyclic) bond motifs is 6. The summed E-state index contributed by atoms with van der Waals surface area (Å²) in [6.07, 6.45) is 0. The van der Waals surface area contributed by atoms with Crippen LogP contribution in [-0.4, -0.2) is 0 Å². The summed E-state index contributed by atoms with van der Waals surface area (Å²) in [4.78, 5) is 4.85. The van der Waals surface area contributed by atoms with Crippen LogP contribution >= 0.6 is 0 Å². The number of hydrogen-bond acceptors (Lipinski definition) is 2. The van der Waals surface area contributed by atoms with Crippen LogP contribution in [0.15, 0.2) is 267 Å². The minimum atomic E-state index is -0.487. The summed E-state index contributed by atoms with van der Waals surface area (Å²) in [5.74, 6) is 0. The monoisotopic (exact) mass is 894 g/mol. The summed E-state index contributed by atoms with van der Waals surface area (Å²) in [6.45, 7) is 4.79. The molecule has 0 atom stereocenters. The molecule has 1 aliphatic carbocycles. The number of para-hydroxylation sites is 1. The molecule has 0 saturated carbocycles. The average Bonchev–Trinajstić information content (AvgIpc) is 3.73. The largest absolute Gasteiger partial charge is 0.311 e. The molecule has 0 saturated heterocycles. The van der Waals surface area contributed by atoms with Gasteiger partial charge in [0.25, 0.3) is 0 Å². The van der Waals surface area contributed by atoms with Gasteiger partial charge in [-0.1, -0.05) is 214 Å². The molecule has 0 spiro atoms. The quantitative estimate of drug-likeness (QED) is 0.150. The Bertz CT molecular complexity index is 3680. The molecule has 70 heavy (non-hydrogen) atoms. The lowest BCUT2D eigenvalue weighted by atomic mass is 9.65. The van der Waals surface area contributed by atoms with Crippen LogP contribution < -0.4 is 9.80 Å². The van der Waals surface area contributed by atoms with Crippen LogP contribution in [0.3, 0.4) is 0 Å². The Labute approximate surface area is 411 Å². The second-order valence-corrected chi connectivity index (χ2v) is 19.3. The van der Waals surface area contributed by atoms with Crippen LogP contribution in [0.2, 0.25) is 0 Å². The van der Waals surface area contributed by atoms with E-state index in [2.05, 4.69) is 291 Å². The maximum atomic E-state index is 2.53. The molecule has 2 heteroatoms. The van der Waals surface area contributed by atoms with Gasteiger partial charge in [-0.3, -0.25) is 0 Å². The van der Waals surface area contributed by atoms with E-state index in [1.54, 1.807) is 0 Å². The van der Waals surface area contributed by atoms with Gasteiger partial charge in [0.05, 0.1) is 16.8 Å². The number of hydrogen-bond donors (Lipinski definition) is 0. The van der Waals surface area contributed by atoms with Gasteiger partial charge < -0.3 is 9.80 Å². The molecule has 0 N–H and O–H groups in total. The second kappa shape index (κ2) is 16.5. The van der Waals surface area contributed by atoms with Crippen molar-refractivity contribution in [3.05, 3.63) is 300 Å². The first kappa shape index (κ1) is 41.5. The van der Waals surface area contributed by atoms with E-state index < -0.39 is 5.41 Å². The van der Waals surface area contributed by atoms with E-state index in [0.29, 0.717) is 0 Å². The fourth-order valence-corrected chi connectivity index (χ4v) is 11.7. The standard InChI is InChI=1S/C68H50N2/c1-67(2)63-27-15-16-28-65(63)70(66-44-35-54(46-64(66)67)68(53-21-7-4-8-22-53)61-25-13-11-23-59(61)60-24-12-14-26-62(60)68)58-42-40-57(41-43-58)69(55-36-31-49(32-37-55)47-17-5-3-6-18-47)56-38-33-50(34-39-56)52-30-29-48-19-9-10-20-51(48)45-52/h3-46H,1-2H3. The van der Waals surface area contributed by atoms with Crippen molar-refractivity contribution in [1.29, 1.82) is 0 Å². The molecule has 0 fully saturated rings.